The molecule has 0 atom stereocenters. The molecule has 252 valence electrons. The molecule has 53 heavy (non-hydrogen) atoms. The Kier molecular flexibility index (Phi) is 7.19. The highest BCUT2D eigenvalue weighted by Crippen LogP contribution is 2.50. The average Bonchev–Trinajstić information content (AvgIpc) is 3.70. The van der Waals surface area contributed by atoms with Crippen LogP contribution in [-0.2, 0) is 5.41 Å². The van der Waals surface area contributed by atoms with Gasteiger partial charge >= 0.3 is 0 Å². The fraction of sp³-hybridized carbons (Fsp3) is 0.0588. The highest BCUT2D eigenvalue weighted by molar-refractivity contribution is 6.06. The number of nitrogens with zero attached hydrogens (tertiary/aromatic N) is 1. The van der Waals surface area contributed by atoms with E-state index in [9.17, 15) is 0 Å². The van der Waals surface area contributed by atoms with Gasteiger partial charge in [-0.25, -0.2) is 0 Å². The van der Waals surface area contributed by atoms with Gasteiger partial charge < -0.3 is 9.32 Å². The van der Waals surface area contributed by atoms with Gasteiger partial charge in [0.15, 0.2) is 0 Å². The maximum absolute atomic E-state index is 6.21. The summed E-state index contributed by atoms with van der Waals surface area (Å²) in [4.78, 5) is 2.39. The molecule has 8 aromatic carbocycles. The number of para-hydroxylation sites is 1. The maximum Gasteiger partial charge on any atom is 0.136 e. The van der Waals surface area contributed by atoms with Crippen LogP contribution in [0.1, 0.15) is 25.0 Å². The van der Waals surface area contributed by atoms with Crippen LogP contribution in [0.25, 0.3) is 66.4 Å². The van der Waals surface area contributed by atoms with Crippen LogP contribution in [-0.4, -0.2) is 0 Å². The molecular weight excluding hydrogens is 643 g/mol. The zero-order chi connectivity index (χ0) is 35.5. The average molecular weight is 680 g/mol. The highest BCUT2D eigenvalue weighted by atomic mass is 16.3. The molecule has 0 fully saturated rings. The SMILES string of the molecule is CC1(C)c2ccccc2-c2ccc(N(c3ccc(-c4ccccc4)cc3)c3ccc(-c4cccc(-c5ccc6c(c5)oc5ccccc56)c4)cc3)cc21. The molecule has 1 heterocycles. The molecular formula is C51H37NO. The minimum atomic E-state index is -0.0887. The molecule has 1 aliphatic carbocycles. The van der Waals surface area contributed by atoms with E-state index in [1.807, 2.05) is 12.1 Å². The van der Waals surface area contributed by atoms with E-state index in [1.165, 1.54) is 44.5 Å². The van der Waals surface area contributed by atoms with Crippen molar-refractivity contribution in [3.05, 3.63) is 199 Å². The molecule has 9 aromatic rings. The fourth-order valence-electron chi connectivity index (χ4n) is 8.30. The van der Waals surface area contributed by atoms with Gasteiger partial charge in [-0.3, -0.25) is 0 Å². The van der Waals surface area contributed by atoms with Crippen molar-refractivity contribution in [2.45, 2.75) is 19.3 Å². The van der Waals surface area contributed by atoms with Gasteiger partial charge in [0, 0.05) is 33.2 Å². The lowest BCUT2D eigenvalue weighted by Gasteiger charge is -2.28. The number of rotatable bonds is 6. The zero-order valence-electron chi connectivity index (χ0n) is 29.8. The fourth-order valence-corrected chi connectivity index (χ4v) is 8.30. The smallest absolute Gasteiger partial charge is 0.136 e. The summed E-state index contributed by atoms with van der Waals surface area (Å²) in [6.45, 7) is 4.69. The van der Waals surface area contributed by atoms with Crippen molar-refractivity contribution in [2.24, 2.45) is 0 Å². The number of anilines is 3. The summed E-state index contributed by atoms with van der Waals surface area (Å²) in [5.41, 5.74) is 17.6. The summed E-state index contributed by atoms with van der Waals surface area (Å²) < 4.78 is 6.21. The second-order valence-corrected chi connectivity index (χ2v) is 14.6. The van der Waals surface area contributed by atoms with E-state index in [-0.39, 0.29) is 5.41 Å². The van der Waals surface area contributed by atoms with Crippen LogP contribution in [0.3, 0.4) is 0 Å². The molecule has 0 saturated carbocycles. The summed E-state index contributed by atoms with van der Waals surface area (Å²) >= 11 is 0. The lowest BCUT2D eigenvalue weighted by Crippen LogP contribution is -2.16. The Balaban J connectivity index is 1.02. The Morgan fingerprint density at radius 3 is 1.66 bits per heavy atom. The molecule has 0 unspecified atom stereocenters. The van der Waals surface area contributed by atoms with Gasteiger partial charge in [0.25, 0.3) is 0 Å². The second-order valence-electron chi connectivity index (χ2n) is 14.6. The second kappa shape index (κ2) is 12.3. The van der Waals surface area contributed by atoms with Crippen molar-refractivity contribution in [1.29, 1.82) is 0 Å². The Hall–Kier alpha value is -6.64. The highest BCUT2D eigenvalue weighted by Gasteiger charge is 2.35. The Labute approximate surface area is 310 Å². The van der Waals surface area contributed by atoms with Gasteiger partial charge in [-0.1, -0.05) is 141 Å². The van der Waals surface area contributed by atoms with E-state index in [2.05, 4.69) is 195 Å². The molecule has 10 rings (SSSR count). The first kappa shape index (κ1) is 31.1. The van der Waals surface area contributed by atoms with Gasteiger partial charge in [0.05, 0.1) is 0 Å². The third-order valence-corrected chi connectivity index (χ3v) is 11.1. The molecule has 0 bridgehead atoms. The van der Waals surface area contributed by atoms with Crippen molar-refractivity contribution < 1.29 is 4.42 Å². The number of hydrogen-bond acceptors (Lipinski definition) is 2. The normalized spacial score (nSPS) is 12.9. The molecule has 1 aromatic heterocycles. The van der Waals surface area contributed by atoms with Gasteiger partial charge in [0.2, 0.25) is 0 Å². The molecule has 0 saturated heterocycles. The molecule has 0 amide bonds. The van der Waals surface area contributed by atoms with Gasteiger partial charge in [0.1, 0.15) is 11.2 Å². The molecule has 0 aliphatic heterocycles. The van der Waals surface area contributed by atoms with Crippen molar-refractivity contribution in [2.75, 3.05) is 4.90 Å². The minimum absolute atomic E-state index is 0.0887. The largest absolute Gasteiger partial charge is 0.456 e. The van der Waals surface area contributed by atoms with E-state index in [1.54, 1.807) is 0 Å². The Morgan fingerprint density at radius 1 is 0.358 bits per heavy atom. The number of fused-ring (bicyclic) bond motifs is 6. The predicted molar refractivity (Wildman–Crippen MR) is 222 cm³/mol. The van der Waals surface area contributed by atoms with Crippen molar-refractivity contribution in [3.63, 3.8) is 0 Å². The third-order valence-electron chi connectivity index (χ3n) is 11.1. The summed E-state index contributed by atoms with van der Waals surface area (Å²) in [6.07, 6.45) is 0. The number of furan rings is 1. The molecule has 0 radical (unpaired) electrons. The lowest BCUT2D eigenvalue weighted by atomic mass is 9.82. The molecule has 0 N–H and O–H groups in total. The van der Waals surface area contributed by atoms with Crippen LogP contribution in [0.5, 0.6) is 0 Å². The van der Waals surface area contributed by atoms with E-state index < -0.39 is 0 Å². The standard InChI is InChI=1S/C51H37NO/c1-51(2)47-17-8-6-15-43(47)44-30-28-42(33-48(44)51)52(40-24-19-35(20-25-40)34-11-4-3-5-12-34)41-26-21-36(22-27-41)37-13-10-14-38(31-37)39-23-29-46-45-16-7-9-18-49(45)53-50(46)32-39/h3-33H,1-2H3. The van der Waals surface area contributed by atoms with Gasteiger partial charge in [-0.15, -0.1) is 0 Å². The van der Waals surface area contributed by atoms with E-state index in [0.29, 0.717) is 0 Å². The molecule has 2 heteroatoms. The summed E-state index contributed by atoms with van der Waals surface area (Å²) in [7, 11) is 0. The molecule has 1 aliphatic rings. The monoisotopic (exact) mass is 679 g/mol. The first-order chi connectivity index (χ1) is 26.0. The van der Waals surface area contributed by atoms with E-state index >= 15 is 0 Å². The third kappa shape index (κ3) is 5.26. The van der Waals surface area contributed by atoms with E-state index in [0.717, 1.165) is 50.1 Å². The minimum Gasteiger partial charge on any atom is -0.456 e. The van der Waals surface area contributed by atoms with Crippen molar-refractivity contribution >= 4 is 39.0 Å². The first-order valence-corrected chi connectivity index (χ1v) is 18.3. The summed E-state index contributed by atoms with van der Waals surface area (Å²) in [5.74, 6) is 0. The van der Waals surface area contributed by atoms with E-state index in [4.69, 9.17) is 4.42 Å². The van der Waals surface area contributed by atoms with Crippen LogP contribution in [0.2, 0.25) is 0 Å². The van der Waals surface area contributed by atoms with Gasteiger partial charge in [-0.2, -0.15) is 0 Å². The quantitative estimate of drug-likeness (QED) is 0.174. The molecule has 0 spiro atoms. The topological polar surface area (TPSA) is 16.4 Å². The van der Waals surface area contributed by atoms with Crippen LogP contribution in [0, 0.1) is 0 Å². The lowest BCUT2D eigenvalue weighted by molar-refractivity contribution is 0.660. The molecule has 2 nitrogen and oxygen atoms in total. The van der Waals surface area contributed by atoms with Crippen molar-refractivity contribution in [3.8, 4) is 44.5 Å². The predicted octanol–water partition coefficient (Wildman–Crippen LogP) is 14.4. The zero-order valence-corrected chi connectivity index (χ0v) is 29.8. The van der Waals surface area contributed by atoms with Gasteiger partial charge in [-0.05, 0) is 116 Å². The number of benzene rings is 8. The van der Waals surface area contributed by atoms with Crippen LogP contribution >= 0.6 is 0 Å². The first-order valence-electron chi connectivity index (χ1n) is 18.3. The Morgan fingerprint density at radius 2 is 0.887 bits per heavy atom. The van der Waals surface area contributed by atoms with Crippen LogP contribution < -0.4 is 4.90 Å². The Bertz CT molecular complexity index is 2790. The summed E-state index contributed by atoms with van der Waals surface area (Å²) in [5, 5.41) is 2.30. The number of hydrogen-bond donors (Lipinski definition) is 0. The van der Waals surface area contributed by atoms with Crippen LogP contribution in [0.15, 0.2) is 192 Å². The maximum atomic E-state index is 6.21. The van der Waals surface area contributed by atoms with Crippen LogP contribution in [0.4, 0.5) is 17.1 Å². The van der Waals surface area contributed by atoms with Crippen molar-refractivity contribution in [1.82, 2.24) is 0 Å². The summed E-state index contributed by atoms with van der Waals surface area (Å²) in [6, 6.07) is 67.9.